The molecular formula is C21H28N2O. The van der Waals surface area contributed by atoms with Gasteiger partial charge < -0.3 is 15.4 Å². The van der Waals surface area contributed by atoms with E-state index in [1.165, 1.54) is 29.5 Å². The summed E-state index contributed by atoms with van der Waals surface area (Å²) in [6.07, 6.45) is 3.46. The number of methoxy groups -OCH3 is 1. The summed E-state index contributed by atoms with van der Waals surface area (Å²) < 4.78 is 5.54. The lowest BCUT2D eigenvalue weighted by Gasteiger charge is -2.34. The Morgan fingerprint density at radius 3 is 2.75 bits per heavy atom. The SMILES string of the molecule is CCc1ccc(OC)c(CN[C@@H]2CCCN[C@@H]2c2ccccc2)c1. The van der Waals surface area contributed by atoms with E-state index in [1.54, 1.807) is 7.11 Å². The molecule has 0 bridgehead atoms. The number of ether oxygens (including phenoxy) is 1. The van der Waals surface area contributed by atoms with Crippen LogP contribution in [0.15, 0.2) is 48.5 Å². The molecule has 1 saturated heterocycles. The van der Waals surface area contributed by atoms with Gasteiger partial charge in [0, 0.05) is 24.2 Å². The van der Waals surface area contributed by atoms with E-state index < -0.39 is 0 Å². The van der Waals surface area contributed by atoms with Crippen LogP contribution in [-0.4, -0.2) is 19.7 Å². The molecule has 3 rings (SSSR count). The molecule has 2 atom stereocenters. The van der Waals surface area contributed by atoms with Crippen molar-refractivity contribution in [2.75, 3.05) is 13.7 Å². The van der Waals surface area contributed by atoms with Gasteiger partial charge in [0.15, 0.2) is 0 Å². The molecule has 0 spiro atoms. The molecule has 1 aliphatic rings. The van der Waals surface area contributed by atoms with Crippen LogP contribution in [0.2, 0.25) is 0 Å². The van der Waals surface area contributed by atoms with Gasteiger partial charge >= 0.3 is 0 Å². The van der Waals surface area contributed by atoms with Gasteiger partial charge in [-0.15, -0.1) is 0 Å². The van der Waals surface area contributed by atoms with Gasteiger partial charge in [0.05, 0.1) is 7.11 Å². The van der Waals surface area contributed by atoms with Crippen molar-refractivity contribution in [2.24, 2.45) is 0 Å². The minimum Gasteiger partial charge on any atom is -0.496 e. The molecule has 0 unspecified atom stereocenters. The molecule has 2 aromatic carbocycles. The van der Waals surface area contributed by atoms with Crippen LogP contribution in [0.25, 0.3) is 0 Å². The molecule has 3 heteroatoms. The molecule has 1 aliphatic heterocycles. The van der Waals surface area contributed by atoms with Crippen LogP contribution in [0.5, 0.6) is 5.75 Å². The minimum absolute atomic E-state index is 0.375. The maximum absolute atomic E-state index is 5.54. The summed E-state index contributed by atoms with van der Waals surface area (Å²) in [6, 6.07) is 18.1. The number of piperidine rings is 1. The van der Waals surface area contributed by atoms with Gasteiger partial charge in [0.25, 0.3) is 0 Å². The highest BCUT2D eigenvalue weighted by molar-refractivity contribution is 5.37. The number of aryl methyl sites for hydroxylation is 1. The predicted molar refractivity (Wildman–Crippen MR) is 99.4 cm³/mol. The Morgan fingerprint density at radius 2 is 2.00 bits per heavy atom. The van der Waals surface area contributed by atoms with Crippen molar-refractivity contribution in [1.29, 1.82) is 0 Å². The van der Waals surface area contributed by atoms with E-state index in [-0.39, 0.29) is 0 Å². The summed E-state index contributed by atoms with van der Waals surface area (Å²) in [5.41, 5.74) is 3.96. The number of benzene rings is 2. The Morgan fingerprint density at radius 1 is 1.17 bits per heavy atom. The van der Waals surface area contributed by atoms with Crippen molar-refractivity contribution < 1.29 is 4.74 Å². The Labute approximate surface area is 145 Å². The van der Waals surface area contributed by atoms with Crippen LogP contribution in [0, 0.1) is 0 Å². The highest BCUT2D eigenvalue weighted by Gasteiger charge is 2.25. The quantitative estimate of drug-likeness (QED) is 0.847. The van der Waals surface area contributed by atoms with Crippen molar-refractivity contribution in [3.8, 4) is 5.75 Å². The third-order valence-corrected chi connectivity index (χ3v) is 4.92. The summed E-state index contributed by atoms with van der Waals surface area (Å²) in [4.78, 5) is 0. The summed E-state index contributed by atoms with van der Waals surface area (Å²) in [5.74, 6) is 0.972. The van der Waals surface area contributed by atoms with Crippen molar-refractivity contribution in [3.05, 3.63) is 65.2 Å². The maximum Gasteiger partial charge on any atom is 0.123 e. The molecule has 0 aliphatic carbocycles. The molecule has 1 heterocycles. The lowest BCUT2D eigenvalue weighted by atomic mass is 9.92. The molecule has 0 saturated carbocycles. The van der Waals surface area contributed by atoms with Crippen LogP contribution in [0.1, 0.15) is 42.5 Å². The zero-order valence-electron chi connectivity index (χ0n) is 14.7. The van der Waals surface area contributed by atoms with Crippen LogP contribution < -0.4 is 15.4 Å². The first kappa shape index (κ1) is 17.0. The van der Waals surface area contributed by atoms with Crippen LogP contribution in [-0.2, 0) is 13.0 Å². The Hall–Kier alpha value is -1.84. The van der Waals surface area contributed by atoms with Crippen LogP contribution in [0.3, 0.4) is 0 Å². The van der Waals surface area contributed by atoms with E-state index in [0.717, 1.165) is 25.3 Å². The van der Waals surface area contributed by atoms with Gasteiger partial charge in [-0.05, 0) is 43.0 Å². The van der Waals surface area contributed by atoms with E-state index in [1.807, 2.05) is 0 Å². The van der Waals surface area contributed by atoms with Crippen molar-refractivity contribution in [3.63, 3.8) is 0 Å². The molecule has 1 fully saturated rings. The van der Waals surface area contributed by atoms with Gasteiger partial charge in [-0.25, -0.2) is 0 Å². The number of nitrogens with one attached hydrogen (secondary N) is 2. The third kappa shape index (κ3) is 3.97. The molecule has 128 valence electrons. The van der Waals surface area contributed by atoms with Gasteiger partial charge in [0.1, 0.15) is 5.75 Å². The van der Waals surface area contributed by atoms with E-state index in [0.29, 0.717) is 12.1 Å². The Kier molecular flexibility index (Phi) is 5.89. The standard InChI is InChI=1S/C21H28N2O/c1-3-16-11-12-20(24-2)18(14-16)15-23-19-10-7-13-22-21(19)17-8-5-4-6-9-17/h4-6,8-9,11-12,14,19,21-23H,3,7,10,13,15H2,1-2H3/t19-,21-/m1/s1. The Bertz CT molecular complexity index is 642. The second-order valence-corrected chi connectivity index (χ2v) is 6.47. The second kappa shape index (κ2) is 8.32. The zero-order valence-corrected chi connectivity index (χ0v) is 14.7. The third-order valence-electron chi connectivity index (χ3n) is 4.92. The molecule has 24 heavy (non-hydrogen) atoms. The topological polar surface area (TPSA) is 33.3 Å². The predicted octanol–water partition coefficient (Wildman–Crippen LogP) is 3.84. The number of rotatable bonds is 6. The number of hydrogen-bond donors (Lipinski definition) is 2. The summed E-state index contributed by atoms with van der Waals surface area (Å²) in [5, 5.41) is 7.45. The minimum atomic E-state index is 0.375. The van der Waals surface area contributed by atoms with E-state index in [9.17, 15) is 0 Å². The molecule has 2 N–H and O–H groups in total. The smallest absolute Gasteiger partial charge is 0.123 e. The van der Waals surface area contributed by atoms with E-state index in [2.05, 4.69) is 66.1 Å². The lowest BCUT2D eigenvalue weighted by Crippen LogP contribution is -2.45. The van der Waals surface area contributed by atoms with Gasteiger partial charge in [-0.3, -0.25) is 0 Å². The van der Waals surface area contributed by atoms with Gasteiger partial charge in [-0.1, -0.05) is 49.4 Å². The molecule has 0 radical (unpaired) electrons. The van der Waals surface area contributed by atoms with Gasteiger partial charge in [0.2, 0.25) is 0 Å². The number of hydrogen-bond acceptors (Lipinski definition) is 3. The molecule has 0 amide bonds. The van der Waals surface area contributed by atoms with Crippen molar-refractivity contribution >= 4 is 0 Å². The summed E-state index contributed by atoms with van der Waals surface area (Å²) >= 11 is 0. The first-order chi connectivity index (χ1) is 11.8. The highest BCUT2D eigenvalue weighted by atomic mass is 16.5. The normalized spacial score (nSPS) is 20.8. The largest absolute Gasteiger partial charge is 0.496 e. The van der Waals surface area contributed by atoms with E-state index in [4.69, 9.17) is 4.74 Å². The zero-order chi connectivity index (χ0) is 16.8. The van der Waals surface area contributed by atoms with E-state index >= 15 is 0 Å². The maximum atomic E-state index is 5.54. The first-order valence-electron chi connectivity index (χ1n) is 8.99. The molecule has 3 nitrogen and oxygen atoms in total. The van der Waals surface area contributed by atoms with Crippen LogP contribution in [0.4, 0.5) is 0 Å². The fourth-order valence-corrected chi connectivity index (χ4v) is 3.55. The fourth-order valence-electron chi connectivity index (χ4n) is 3.55. The molecular weight excluding hydrogens is 296 g/mol. The lowest BCUT2D eigenvalue weighted by molar-refractivity contribution is 0.303. The fraction of sp³-hybridized carbons (Fsp3) is 0.429. The second-order valence-electron chi connectivity index (χ2n) is 6.47. The summed E-state index contributed by atoms with van der Waals surface area (Å²) in [7, 11) is 1.75. The van der Waals surface area contributed by atoms with Crippen molar-refractivity contribution in [1.82, 2.24) is 10.6 Å². The Balaban J connectivity index is 1.72. The summed E-state index contributed by atoms with van der Waals surface area (Å²) in [6.45, 7) is 4.12. The average molecular weight is 324 g/mol. The monoisotopic (exact) mass is 324 g/mol. The van der Waals surface area contributed by atoms with Crippen LogP contribution >= 0.6 is 0 Å². The average Bonchev–Trinajstić information content (AvgIpc) is 2.67. The molecule has 2 aromatic rings. The highest BCUT2D eigenvalue weighted by Crippen LogP contribution is 2.25. The van der Waals surface area contributed by atoms with Crippen molar-refractivity contribution in [2.45, 2.75) is 44.8 Å². The van der Waals surface area contributed by atoms with Gasteiger partial charge in [-0.2, -0.15) is 0 Å². The first-order valence-corrected chi connectivity index (χ1v) is 8.99. The molecule has 0 aromatic heterocycles.